The summed E-state index contributed by atoms with van der Waals surface area (Å²) in [5.41, 5.74) is -2.06. The van der Waals surface area contributed by atoms with Crippen molar-refractivity contribution in [2.75, 3.05) is 0 Å². The van der Waals surface area contributed by atoms with Crippen LogP contribution in [-0.2, 0) is 9.53 Å². The van der Waals surface area contributed by atoms with Gasteiger partial charge in [0.15, 0.2) is 5.54 Å². The summed E-state index contributed by atoms with van der Waals surface area (Å²) >= 11 is 4.44. The van der Waals surface area contributed by atoms with E-state index in [2.05, 4.69) is 19.2 Å². The summed E-state index contributed by atoms with van der Waals surface area (Å²) in [6, 6.07) is -0.362. The van der Waals surface area contributed by atoms with Gasteiger partial charge in [0.1, 0.15) is 5.60 Å². The van der Waals surface area contributed by atoms with Crippen molar-refractivity contribution in [2.45, 2.75) is 69.4 Å². The standard InChI is InChI=1S/C15H25NO4S/c1-6-10-8-9-11(21)15(7-2,12(17)18)16(10)13(19)20-14(3,4)5/h6,10-11,21H,1,7-9H2,2-5H3,(H,17,18). The topological polar surface area (TPSA) is 66.8 Å². The third kappa shape index (κ3) is 3.36. The Labute approximate surface area is 131 Å². The molecule has 3 unspecified atom stereocenters. The first-order valence-corrected chi connectivity index (χ1v) is 7.68. The first kappa shape index (κ1) is 17.9. The molecule has 0 spiro atoms. The van der Waals surface area contributed by atoms with Gasteiger partial charge in [0.25, 0.3) is 0 Å². The summed E-state index contributed by atoms with van der Waals surface area (Å²) in [5.74, 6) is -1.05. The minimum absolute atomic E-state index is 0.264. The summed E-state index contributed by atoms with van der Waals surface area (Å²) in [6.07, 6.45) is 2.48. The van der Waals surface area contributed by atoms with Crippen LogP contribution < -0.4 is 0 Å². The molecular weight excluding hydrogens is 290 g/mol. The Hall–Kier alpha value is -1.17. The quantitative estimate of drug-likeness (QED) is 0.620. The fraction of sp³-hybridized carbons (Fsp3) is 0.733. The van der Waals surface area contributed by atoms with Gasteiger partial charge in [-0.05, 0) is 40.0 Å². The van der Waals surface area contributed by atoms with E-state index in [9.17, 15) is 14.7 Å². The van der Waals surface area contributed by atoms with Crippen LogP contribution in [0, 0.1) is 0 Å². The molecule has 3 atom stereocenters. The Morgan fingerprint density at radius 1 is 1.48 bits per heavy atom. The average Bonchev–Trinajstić information content (AvgIpc) is 2.35. The largest absolute Gasteiger partial charge is 0.479 e. The summed E-state index contributed by atoms with van der Waals surface area (Å²) in [5, 5.41) is 9.32. The van der Waals surface area contributed by atoms with E-state index in [4.69, 9.17) is 4.74 Å². The van der Waals surface area contributed by atoms with Crippen LogP contribution in [-0.4, -0.2) is 44.5 Å². The second-order valence-corrected chi connectivity index (χ2v) is 6.95. The normalized spacial score (nSPS) is 29.9. The lowest BCUT2D eigenvalue weighted by Gasteiger charge is -2.50. The zero-order chi connectivity index (χ0) is 16.4. The van der Waals surface area contributed by atoms with Crippen LogP contribution in [0.25, 0.3) is 0 Å². The first-order chi connectivity index (χ1) is 9.60. The van der Waals surface area contributed by atoms with Crippen LogP contribution in [0.2, 0.25) is 0 Å². The van der Waals surface area contributed by atoms with Gasteiger partial charge in [-0.25, -0.2) is 9.59 Å². The molecule has 120 valence electrons. The third-order valence-corrected chi connectivity index (χ3v) is 4.51. The number of nitrogens with zero attached hydrogens (tertiary/aromatic N) is 1. The number of thiol groups is 1. The van der Waals surface area contributed by atoms with Gasteiger partial charge in [-0.3, -0.25) is 4.90 Å². The number of carboxylic acids is 1. The Bertz CT molecular complexity index is 432. The van der Waals surface area contributed by atoms with Crippen molar-refractivity contribution in [1.82, 2.24) is 4.90 Å². The molecular formula is C15H25NO4S. The van der Waals surface area contributed by atoms with E-state index < -0.39 is 28.5 Å². The number of aliphatic carboxylic acids is 1. The molecule has 0 aromatic rings. The van der Waals surface area contributed by atoms with E-state index in [1.165, 1.54) is 4.90 Å². The van der Waals surface area contributed by atoms with Gasteiger partial charge in [0.05, 0.1) is 6.04 Å². The van der Waals surface area contributed by atoms with Crippen LogP contribution in [0.4, 0.5) is 4.79 Å². The Morgan fingerprint density at radius 3 is 2.43 bits per heavy atom. The van der Waals surface area contributed by atoms with E-state index >= 15 is 0 Å². The van der Waals surface area contributed by atoms with Gasteiger partial charge in [-0.1, -0.05) is 13.0 Å². The first-order valence-electron chi connectivity index (χ1n) is 7.16. The fourth-order valence-corrected chi connectivity index (χ4v) is 3.35. The lowest BCUT2D eigenvalue weighted by molar-refractivity contribution is -0.155. The highest BCUT2D eigenvalue weighted by Gasteiger charge is 2.55. The van der Waals surface area contributed by atoms with Crippen LogP contribution in [0.15, 0.2) is 12.7 Å². The van der Waals surface area contributed by atoms with Gasteiger partial charge in [0, 0.05) is 5.25 Å². The predicted molar refractivity (Wildman–Crippen MR) is 84.7 cm³/mol. The molecule has 0 aromatic heterocycles. The van der Waals surface area contributed by atoms with Crippen molar-refractivity contribution in [3.05, 3.63) is 12.7 Å². The van der Waals surface area contributed by atoms with E-state index in [0.717, 1.165) is 0 Å². The molecule has 0 aliphatic carbocycles. The third-order valence-electron chi connectivity index (χ3n) is 3.82. The predicted octanol–water partition coefficient (Wildman–Crippen LogP) is 3.10. The molecule has 1 rings (SSSR count). The molecule has 1 amide bonds. The number of carboxylic acid groups (broad SMARTS) is 1. The SMILES string of the molecule is C=CC1CCC(S)C(CC)(C(=O)O)N1C(=O)OC(C)(C)C. The highest BCUT2D eigenvalue weighted by atomic mass is 32.1. The van der Waals surface area contributed by atoms with Crippen molar-refractivity contribution in [1.29, 1.82) is 0 Å². The number of carbonyl (C=O) groups is 2. The lowest BCUT2D eigenvalue weighted by atomic mass is 9.80. The van der Waals surface area contributed by atoms with Crippen molar-refractivity contribution >= 4 is 24.7 Å². The molecule has 1 saturated heterocycles. The second kappa shape index (κ2) is 6.30. The molecule has 0 radical (unpaired) electrons. The minimum atomic E-state index is -1.37. The van der Waals surface area contributed by atoms with Crippen LogP contribution in [0.5, 0.6) is 0 Å². The van der Waals surface area contributed by atoms with Crippen molar-refractivity contribution in [3.63, 3.8) is 0 Å². The fourth-order valence-electron chi connectivity index (χ4n) is 2.79. The maximum absolute atomic E-state index is 12.6. The van der Waals surface area contributed by atoms with Crippen LogP contribution >= 0.6 is 12.6 Å². The molecule has 1 heterocycles. The Morgan fingerprint density at radius 2 is 2.05 bits per heavy atom. The van der Waals surface area contributed by atoms with Crippen molar-refractivity contribution in [3.8, 4) is 0 Å². The highest BCUT2D eigenvalue weighted by molar-refractivity contribution is 7.81. The Balaban J connectivity index is 3.30. The van der Waals surface area contributed by atoms with Gasteiger partial charge >= 0.3 is 12.1 Å². The molecule has 1 aliphatic rings. The highest BCUT2D eigenvalue weighted by Crippen LogP contribution is 2.39. The van der Waals surface area contributed by atoms with Gasteiger partial charge in [-0.2, -0.15) is 12.6 Å². The van der Waals surface area contributed by atoms with E-state index in [-0.39, 0.29) is 12.5 Å². The van der Waals surface area contributed by atoms with E-state index in [1.807, 2.05) is 0 Å². The summed E-state index contributed by atoms with van der Waals surface area (Å²) in [4.78, 5) is 25.8. The molecule has 1 fully saturated rings. The second-order valence-electron chi connectivity index (χ2n) is 6.33. The van der Waals surface area contributed by atoms with Crippen LogP contribution in [0.1, 0.15) is 47.0 Å². The number of rotatable bonds is 3. The smallest absolute Gasteiger partial charge is 0.411 e. The van der Waals surface area contributed by atoms with E-state index in [1.54, 1.807) is 33.8 Å². The number of hydrogen-bond acceptors (Lipinski definition) is 4. The Kier molecular flexibility index (Phi) is 5.36. The maximum Gasteiger partial charge on any atom is 0.411 e. The monoisotopic (exact) mass is 315 g/mol. The number of carbonyl (C=O) groups excluding carboxylic acids is 1. The molecule has 1 aliphatic heterocycles. The molecule has 6 heteroatoms. The maximum atomic E-state index is 12.6. The molecule has 0 aromatic carbocycles. The molecule has 1 N–H and O–H groups in total. The number of ether oxygens (including phenoxy) is 1. The summed E-state index contributed by atoms with van der Waals surface area (Å²) in [7, 11) is 0. The minimum Gasteiger partial charge on any atom is -0.479 e. The number of piperidine rings is 1. The molecule has 21 heavy (non-hydrogen) atoms. The lowest BCUT2D eigenvalue weighted by Crippen LogP contribution is -2.67. The number of hydrogen-bond donors (Lipinski definition) is 2. The van der Waals surface area contributed by atoms with Crippen molar-refractivity contribution in [2.24, 2.45) is 0 Å². The zero-order valence-electron chi connectivity index (χ0n) is 13.1. The van der Waals surface area contributed by atoms with Gasteiger partial charge in [0.2, 0.25) is 0 Å². The van der Waals surface area contributed by atoms with Crippen LogP contribution in [0.3, 0.4) is 0 Å². The van der Waals surface area contributed by atoms with Gasteiger partial charge < -0.3 is 9.84 Å². The zero-order valence-corrected chi connectivity index (χ0v) is 14.0. The number of amides is 1. The summed E-state index contributed by atoms with van der Waals surface area (Å²) < 4.78 is 5.41. The van der Waals surface area contributed by atoms with Gasteiger partial charge in [-0.15, -0.1) is 6.58 Å². The molecule has 0 saturated carbocycles. The summed E-state index contributed by atoms with van der Waals surface area (Å²) in [6.45, 7) is 10.7. The molecule has 0 bridgehead atoms. The molecule has 5 nitrogen and oxygen atoms in total. The number of likely N-dealkylation sites (tertiary alicyclic amines) is 1. The average molecular weight is 315 g/mol. The van der Waals surface area contributed by atoms with Crippen molar-refractivity contribution < 1.29 is 19.4 Å². The van der Waals surface area contributed by atoms with E-state index in [0.29, 0.717) is 12.8 Å².